The van der Waals surface area contributed by atoms with Gasteiger partial charge in [-0.2, -0.15) is 0 Å². The van der Waals surface area contributed by atoms with Crippen LogP contribution in [0.25, 0.3) is 0 Å². The van der Waals surface area contributed by atoms with E-state index in [0.29, 0.717) is 0 Å². The second-order valence-corrected chi connectivity index (χ2v) is 0. The van der Waals surface area contributed by atoms with Gasteiger partial charge in [-0.25, -0.2) is 0 Å². The topological polar surface area (TPSA) is 224 Å². The Kier molecular flexibility index (Phi) is 335000. The largest absolute Gasteiger partial charge is 0.412 e. The van der Waals surface area contributed by atoms with Crippen molar-refractivity contribution >= 4 is 23.1 Å². The van der Waals surface area contributed by atoms with Crippen LogP contribution in [0.5, 0.6) is 0 Å². The third-order valence-corrected chi connectivity index (χ3v) is 0. The molecule has 0 aliphatic heterocycles. The first-order chi connectivity index (χ1) is 0. The van der Waals surface area contributed by atoms with Gasteiger partial charge in [0.2, 0.25) is 0 Å². The lowest BCUT2D eigenvalue weighted by atomic mass is 14.0. The smallest absolute Gasteiger partial charge is 0.316 e. The second kappa shape index (κ2) is 1330. The Labute approximate surface area is 62.7 Å². The van der Waals surface area contributed by atoms with Gasteiger partial charge in [-0.1, -0.05) is 0 Å². The average Bonchev–Trinajstić information content (AvgIpc) is 0. The molecule has 15 N–H and O–H groups in total. The van der Waals surface area contributed by atoms with Crippen LogP contribution in [0.1, 0.15) is 0 Å². The van der Waals surface area contributed by atoms with E-state index in [-0.39, 0.29) is 62.1 Å². The van der Waals surface area contributed by atoms with Crippen LogP contribution >= 0.6 is 0 Å². The van der Waals surface area contributed by atoms with Gasteiger partial charge in [0, 0.05) is 0 Å². The van der Waals surface area contributed by atoms with Crippen molar-refractivity contribution < 1.29 is 32.9 Å². The summed E-state index contributed by atoms with van der Waals surface area (Å²) in [5, 5.41) is 0. The molecule has 60 valence electrons. The lowest BCUT2D eigenvalue weighted by Crippen LogP contribution is -0.481. The molecule has 0 rings (SSSR count). The second-order valence-electron chi connectivity index (χ2n) is 0. The van der Waals surface area contributed by atoms with Gasteiger partial charge in [-0.05, 0) is 0 Å². The predicted molar refractivity (Wildman–Crippen MR) is 35.2 cm³/mol. The summed E-state index contributed by atoms with van der Waals surface area (Å²) in [6.07, 6.45) is 0. The molecule has 0 saturated carbocycles. The third kappa shape index (κ3) is 826. The summed E-state index contributed by atoms with van der Waals surface area (Å²) in [4.78, 5) is 0. The lowest BCUT2D eigenvalue weighted by molar-refractivity contribution is 0.823. The van der Waals surface area contributed by atoms with Gasteiger partial charge in [0.1, 0.15) is 0 Å². The fraction of sp³-hybridized carbons (Fsp3) is 0. The van der Waals surface area contributed by atoms with E-state index >= 15 is 0 Å². The fourth-order valence-corrected chi connectivity index (χ4v) is 0. The van der Waals surface area contributed by atoms with Crippen LogP contribution < -0.4 is 6.15 Å². The van der Waals surface area contributed by atoms with Crippen LogP contribution in [-0.2, 0) is 0 Å². The molecule has 0 aliphatic carbocycles. The molecule has 0 saturated heterocycles. The molecule has 0 atom stereocenters. The van der Waals surface area contributed by atoms with Crippen molar-refractivity contribution in [2.75, 3.05) is 0 Å². The molecule has 0 amide bonds. The highest BCUT2D eigenvalue weighted by atomic mass is 24.3. The molecule has 8 heavy (non-hydrogen) atoms. The summed E-state index contributed by atoms with van der Waals surface area (Å²) >= 11 is 0. The number of rotatable bonds is 0. The van der Waals surface area contributed by atoms with Crippen LogP contribution in [0.15, 0.2) is 0 Å². The summed E-state index contributed by atoms with van der Waals surface area (Å²) in [5.74, 6) is 0. The maximum atomic E-state index is 0. The minimum absolute atomic E-state index is 0. The van der Waals surface area contributed by atoms with Crippen molar-refractivity contribution in [1.82, 2.24) is 6.15 Å². The van der Waals surface area contributed by atoms with E-state index in [1.807, 2.05) is 0 Å². The van der Waals surface area contributed by atoms with E-state index in [1.54, 1.807) is 0 Å². The molecule has 0 heterocycles. The van der Waals surface area contributed by atoms with Gasteiger partial charge in [-0.15, -0.1) is 0 Å². The fourth-order valence-electron chi connectivity index (χ4n) is 0. The van der Waals surface area contributed by atoms with Crippen LogP contribution in [0.2, 0.25) is 0 Å². The zero-order valence-electron chi connectivity index (χ0n) is 3.71. The average molecular weight is 151 g/mol. The molecule has 0 fully saturated rings. The zero-order chi connectivity index (χ0) is 0. The van der Waals surface area contributed by atoms with E-state index in [2.05, 4.69) is 0 Å². The lowest BCUT2D eigenvalue weighted by Gasteiger charge is -0.413. The SMILES string of the molecule is N.O.O.O.O.O.O.[MgH2]. The van der Waals surface area contributed by atoms with E-state index in [4.69, 9.17) is 0 Å². The number of hydrogen-bond donors (Lipinski definition) is 1. The molecule has 0 spiro atoms. The first kappa shape index (κ1) is 2010. The molecule has 8 heteroatoms. The number of hydrogen-bond acceptors (Lipinski definition) is 1. The quantitative estimate of drug-likeness (QED) is 0.328. The zero-order valence-corrected chi connectivity index (χ0v) is 3.71. The Morgan fingerprint density at radius 2 is 0.375 bits per heavy atom. The van der Waals surface area contributed by atoms with E-state index in [0.717, 1.165) is 0 Å². The van der Waals surface area contributed by atoms with Crippen molar-refractivity contribution in [2.45, 2.75) is 0 Å². The Bertz CT molecular complexity index is 8.49. The molecular weight excluding hydrogens is 134 g/mol. The van der Waals surface area contributed by atoms with Gasteiger partial charge in [0.15, 0.2) is 0 Å². The molecular formula is H17MgNO6. The molecule has 0 aromatic carbocycles. The Balaban J connectivity index is 0. The monoisotopic (exact) mass is 151 g/mol. The molecule has 0 aromatic rings. The summed E-state index contributed by atoms with van der Waals surface area (Å²) < 4.78 is 0. The van der Waals surface area contributed by atoms with Crippen LogP contribution in [0.4, 0.5) is 0 Å². The summed E-state index contributed by atoms with van der Waals surface area (Å²) in [6, 6.07) is 0. The minimum Gasteiger partial charge on any atom is -0.412 e. The van der Waals surface area contributed by atoms with Gasteiger partial charge in [-0.3, -0.25) is 0 Å². The highest BCUT2D eigenvalue weighted by molar-refractivity contribution is 5.75. The minimum atomic E-state index is 0. The Morgan fingerprint density at radius 1 is 0.375 bits per heavy atom. The highest BCUT2D eigenvalue weighted by Gasteiger charge is 0.316. The Hall–Kier alpha value is 0.486. The maximum absolute atomic E-state index is 0. The van der Waals surface area contributed by atoms with Crippen LogP contribution in [0.3, 0.4) is 0 Å². The van der Waals surface area contributed by atoms with Crippen molar-refractivity contribution in [3.05, 3.63) is 0 Å². The summed E-state index contributed by atoms with van der Waals surface area (Å²) in [5.41, 5.74) is 0. The van der Waals surface area contributed by atoms with Gasteiger partial charge in [0.25, 0.3) is 0 Å². The van der Waals surface area contributed by atoms with Gasteiger partial charge in [0.05, 0.1) is 0 Å². The van der Waals surface area contributed by atoms with E-state index in [9.17, 15) is 0 Å². The Morgan fingerprint density at radius 3 is 0.375 bits per heavy atom. The van der Waals surface area contributed by atoms with Crippen molar-refractivity contribution in [2.24, 2.45) is 0 Å². The third-order valence-electron chi connectivity index (χ3n) is 0. The first-order valence-electron chi connectivity index (χ1n) is 0. The standard InChI is InChI=1S/Mg.H3N.6H2O.2H/h;1H3;6*1H2;;. The summed E-state index contributed by atoms with van der Waals surface area (Å²) in [6.45, 7) is 0. The highest BCUT2D eigenvalue weighted by Crippen LogP contribution is -0.284. The van der Waals surface area contributed by atoms with Gasteiger partial charge >= 0.3 is 23.1 Å². The van der Waals surface area contributed by atoms with Crippen LogP contribution in [0, 0.1) is 0 Å². The van der Waals surface area contributed by atoms with Crippen LogP contribution in [-0.4, -0.2) is 55.9 Å². The van der Waals surface area contributed by atoms with Crippen molar-refractivity contribution in [3.8, 4) is 0 Å². The normalized spacial score (nSPS) is 0. The molecule has 7 nitrogen and oxygen atoms in total. The summed E-state index contributed by atoms with van der Waals surface area (Å²) in [7, 11) is 0. The van der Waals surface area contributed by atoms with E-state index in [1.165, 1.54) is 0 Å². The molecule has 0 aromatic heterocycles. The van der Waals surface area contributed by atoms with Crippen molar-refractivity contribution in [1.29, 1.82) is 0 Å². The maximum Gasteiger partial charge on any atom is 0.316 e. The molecule has 0 radical (unpaired) electrons. The molecule has 0 bridgehead atoms. The van der Waals surface area contributed by atoms with E-state index < -0.39 is 0 Å². The predicted octanol–water partition coefficient (Wildman–Crippen LogP) is -5.70. The first-order valence-corrected chi connectivity index (χ1v) is 0. The molecule has 0 aliphatic rings. The van der Waals surface area contributed by atoms with Crippen molar-refractivity contribution in [3.63, 3.8) is 0 Å². The molecule has 0 unspecified atom stereocenters. The van der Waals surface area contributed by atoms with Gasteiger partial charge < -0.3 is 39.0 Å².